The van der Waals surface area contributed by atoms with Gasteiger partial charge in [-0.2, -0.15) is 5.10 Å². The third-order valence-corrected chi connectivity index (χ3v) is 3.50. The summed E-state index contributed by atoms with van der Waals surface area (Å²) in [4.78, 5) is 12.0. The van der Waals surface area contributed by atoms with Crippen molar-refractivity contribution < 1.29 is 4.79 Å². The molecule has 0 aliphatic carbocycles. The molecule has 0 saturated carbocycles. The molecular weight excluding hydrogens is 264 g/mol. The first-order chi connectivity index (χ1) is 9.95. The topological polar surface area (TPSA) is 69.8 Å². The van der Waals surface area contributed by atoms with Gasteiger partial charge in [0.05, 0.1) is 5.69 Å². The lowest BCUT2D eigenvalue weighted by Crippen LogP contribution is -2.37. The van der Waals surface area contributed by atoms with Crippen LogP contribution in [-0.2, 0) is 6.42 Å². The Morgan fingerprint density at radius 2 is 2.10 bits per heavy atom. The number of aromatic nitrogens is 2. The first kappa shape index (κ1) is 15.1. The maximum absolute atomic E-state index is 12.0. The van der Waals surface area contributed by atoms with Crippen LogP contribution in [0.4, 0.5) is 10.5 Å². The molecule has 1 heterocycles. The minimum atomic E-state index is -0.191. The zero-order chi connectivity index (χ0) is 15.4. The predicted octanol–water partition coefficient (Wildman–Crippen LogP) is 3.09. The molecule has 1 atom stereocenters. The lowest BCUT2D eigenvalue weighted by Gasteiger charge is -2.15. The highest BCUT2D eigenvalue weighted by molar-refractivity contribution is 5.90. The van der Waals surface area contributed by atoms with Crippen molar-refractivity contribution in [2.45, 2.75) is 40.2 Å². The van der Waals surface area contributed by atoms with E-state index < -0.39 is 0 Å². The summed E-state index contributed by atoms with van der Waals surface area (Å²) >= 11 is 0. The Morgan fingerprint density at radius 1 is 1.33 bits per heavy atom. The molecule has 0 radical (unpaired) electrons. The molecule has 2 amide bonds. The van der Waals surface area contributed by atoms with Gasteiger partial charge in [0.25, 0.3) is 0 Å². The molecule has 1 aromatic heterocycles. The molecule has 0 fully saturated rings. The summed E-state index contributed by atoms with van der Waals surface area (Å²) in [6.07, 6.45) is 0.699. The summed E-state index contributed by atoms with van der Waals surface area (Å²) < 4.78 is 0. The molecule has 0 aliphatic heterocycles. The van der Waals surface area contributed by atoms with Crippen molar-refractivity contribution in [1.29, 1.82) is 0 Å². The van der Waals surface area contributed by atoms with E-state index in [1.807, 2.05) is 52.0 Å². The molecule has 0 aliphatic rings. The van der Waals surface area contributed by atoms with E-state index in [4.69, 9.17) is 0 Å². The number of nitrogens with zero attached hydrogens (tertiary/aromatic N) is 1. The number of aryl methyl sites for hydroxylation is 2. The van der Waals surface area contributed by atoms with Gasteiger partial charge < -0.3 is 10.6 Å². The van der Waals surface area contributed by atoms with Crippen LogP contribution in [0.5, 0.6) is 0 Å². The molecule has 5 heteroatoms. The fourth-order valence-electron chi connectivity index (χ4n) is 2.21. The van der Waals surface area contributed by atoms with Gasteiger partial charge in [0.15, 0.2) is 0 Å². The number of hydrogen-bond donors (Lipinski definition) is 3. The Hall–Kier alpha value is -2.30. The molecule has 0 bridgehead atoms. The zero-order valence-corrected chi connectivity index (χ0v) is 12.9. The van der Waals surface area contributed by atoms with Gasteiger partial charge in [0.2, 0.25) is 0 Å². The van der Waals surface area contributed by atoms with Crippen LogP contribution in [0.25, 0.3) is 0 Å². The maximum atomic E-state index is 12.0. The number of nitrogens with one attached hydrogen (secondary N) is 3. The number of hydrogen-bond acceptors (Lipinski definition) is 2. The fraction of sp³-hybridized carbons (Fsp3) is 0.375. The first-order valence-electron chi connectivity index (χ1n) is 7.10. The standard InChI is InChI=1S/C16H22N4O/c1-10-6-5-7-15(13(10)4)18-16(21)17-11(2)8-14-9-12(3)19-20-14/h5-7,9,11H,8H2,1-4H3,(H,19,20)(H2,17,18,21)/t11-/m1/s1. The van der Waals surface area contributed by atoms with E-state index in [0.717, 1.165) is 28.2 Å². The third kappa shape index (κ3) is 4.08. The molecule has 3 N–H and O–H groups in total. The highest BCUT2D eigenvalue weighted by atomic mass is 16.2. The molecule has 2 rings (SSSR count). The number of amides is 2. The van der Waals surface area contributed by atoms with Crippen molar-refractivity contribution in [3.05, 3.63) is 46.8 Å². The molecule has 112 valence electrons. The second-order valence-corrected chi connectivity index (χ2v) is 5.49. The summed E-state index contributed by atoms with van der Waals surface area (Å²) in [5.41, 5.74) is 5.07. The highest BCUT2D eigenvalue weighted by Crippen LogP contribution is 2.17. The van der Waals surface area contributed by atoms with Gasteiger partial charge in [-0.05, 0) is 51.0 Å². The molecule has 0 unspecified atom stereocenters. The van der Waals surface area contributed by atoms with Crippen molar-refractivity contribution in [3.8, 4) is 0 Å². The van der Waals surface area contributed by atoms with Gasteiger partial charge in [-0.1, -0.05) is 12.1 Å². The smallest absolute Gasteiger partial charge is 0.319 e. The van der Waals surface area contributed by atoms with E-state index in [0.29, 0.717) is 6.42 Å². The van der Waals surface area contributed by atoms with E-state index in [1.165, 1.54) is 0 Å². The van der Waals surface area contributed by atoms with Crippen LogP contribution in [-0.4, -0.2) is 22.3 Å². The van der Waals surface area contributed by atoms with Crippen molar-refractivity contribution in [2.24, 2.45) is 0 Å². The Bertz CT molecular complexity index is 633. The third-order valence-electron chi connectivity index (χ3n) is 3.50. The molecule has 21 heavy (non-hydrogen) atoms. The van der Waals surface area contributed by atoms with Gasteiger partial charge >= 0.3 is 6.03 Å². The van der Waals surface area contributed by atoms with Gasteiger partial charge in [-0.15, -0.1) is 0 Å². The minimum Gasteiger partial charge on any atom is -0.335 e. The monoisotopic (exact) mass is 286 g/mol. The van der Waals surface area contributed by atoms with Crippen molar-refractivity contribution in [1.82, 2.24) is 15.5 Å². The summed E-state index contributed by atoms with van der Waals surface area (Å²) in [6, 6.07) is 7.68. The van der Waals surface area contributed by atoms with Crippen LogP contribution in [0.2, 0.25) is 0 Å². The van der Waals surface area contributed by atoms with E-state index in [2.05, 4.69) is 20.8 Å². The van der Waals surface area contributed by atoms with Crippen LogP contribution in [0.1, 0.15) is 29.4 Å². The number of anilines is 1. The van der Waals surface area contributed by atoms with Gasteiger partial charge in [0, 0.05) is 23.8 Å². The lowest BCUT2D eigenvalue weighted by atomic mass is 10.1. The van der Waals surface area contributed by atoms with Crippen LogP contribution >= 0.6 is 0 Å². The average molecular weight is 286 g/mol. The second kappa shape index (κ2) is 6.43. The van der Waals surface area contributed by atoms with E-state index in [-0.39, 0.29) is 12.1 Å². The number of benzene rings is 1. The normalized spacial score (nSPS) is 12.0. The number of carbonyl (C=O) groups is 1. The predicted molar refractivity (Wildman–Crippen MR) is 84.6 cm³/mol. The Labute approximate surface area is 125 Å². The Balaban J connectivity index is 1.90. The van der Waals surface area contributed by atoms with E-state index >= 15 is 0 Å². The first-order valence-corrected chi connectivity index (χ1v) is 7.10. The number of urea groups is 1. The lowest BCUT2D eigenvalue weighted by molar-refractivity contribution is 0.249. The van der Waals surface area contributed by atoms with Crippen molar-refractivity contribution >= 4 is 11.7 Å². The summed E-state index contributed by atoms with van der Waals surface area (Å²) in [7, 11) is 0. The van der Waals surface area contributed by atoms with Crippen LogP contribution in [0, 0.1) is 20.8 Å². The second-order valence-electron chi connectivity index (χ2n) is 5.49. The van der Waals surface area contributed by atoms with E-state index in [1.54, 1.807) is 0 Å². The van der Waals surface area contributed by atoms with Crippen LogP contribution in [0.15, 0.2) is 24.3 Å². The minimum absolute atomic E-state index is 0.0119. The van der Waals surface area contributed by atoms with E-state index in [9.17, 15) is 4.79 Å². The Morgan fingerprint density at radius 3 is 2.76 bits per heavy atom. The summed E-state index contributed by atoms with van der Waals surface area (Å²) in [5, 5.41) is 12.9. The maximum Gasteiger partial charge on any atom is 0.319 e. The molecular formula is C16H22N4O. The largest absolute Gasteiger partial charge is 0.335 e. The number of aromatic amines is 1. The molecule has 2 aromatic rings. The number of H-pyrrole nitrogens is 1. The van der Waals surface area contributed by atoms with Crippen molar-refractivity contribution in [2.75, 3.05) is 5.32 Å². The summed E-state index contributed by atoms with van der Waals surface area (Å²) in [6.45, 7) is 7.95. The number of rotatable bonds is 4. The Kier molecular flexibility index (Phi) is 4.62. The summed E-state index contributed by atoms with van der Waals surface area (Å²) in [5.74, 6) is 0. The van der Waals surface area contributed by atoms with Crippen LogP contribution < -0.4 is 10.6 Å². The highest BCUT2D eigenvalue weighted by Gasteiger charge is 2.11. The molecule has 0 saturated heterocycles. The van der Waals surface area contributed by atoms with Gasteiger partial charge in [-0.25, -0.2) is 4.79 Å². The number of carbonyl (C=O) groups excluding carboxylic acids is 1. The quantitative estimate of drug-likeness (QED) is 0.808. The molecule has 0 spiro atoms. The zero-order valence-electron chi connectivity index (χ0n) is 12.9. The fourth-order valence-corrected chi connectivity index (χ4v) is 2.21. The van der Waals surface area contributed by atoms with Crippen LogP contribution in [0.3, 0.4) is 0 Å². The van der Waals surface area contributed by atoms with Gasteiger partial charge in [0.1, 0.15) is 0 Å². The van der Waals surface area contributed by atoms with Crippen molar-refractivity contribution in [3.63, 3.8) is 0 Å². The average Bonchev–Trinajstić information content (AvgIpc) is 2.80. The SMILES string of the molecule is Cc1cc(C[C@@H](C)NC(=O)Nc2cccc(C)c2C)n[nH]1. The molecule has 5 nitrogen and oxygen atoms in total. The van der Waals surface area contributed by atoms with Gasteiger partial charge in [-0.3, -0.25) is 5.10 Å². The molecule has 1 aromatic carbocycles.